The van der Waals surface area contributed by atoms with E-state index in [0.29, 0.717) is 32.5 Å². The Morgan fingerprint density at radius 1 is 1.40 bits per heavy atom. The van der Waals surface area contributed by atoms with Crippen LogP contribution in [0.5, 0.6) is 0 Å². The first-order chi connectivity index (χ1) is 9.23. The van der Waals surface area contributed by atoms with Gasteiger partial charge < -0.3 is 9.47 Å². The maximum Gasteiger partial charge on any atom is 0.421 e. The summed E-state index contributed by atoms with van der Waals surface area (Å²) in [5.74, 6) is -0.157. The van der Waals surface area contributed by atoms with Crippen LogP contribution in [0.1, 0.15) is 40.0 Å². The van der Waals surface area contributed by atoms with Gasteiger partial charge >= 0.3 is 6.09 Å². The van der Waals surface area contributed by atoms with Crippen molar-refractivity contribution in [3.63, 3.8) is 0 Å². The SMILES string of the molecule is CC(C)(C)OC(=O)N1C=C(I)CC2(CCOCC2)C1=O. The molecule has 0 aliphatic carbocycles. The first-order valence-corrected chi connectivity index (χ1v) is 7.82. The predicted molar refractivity (Wildman–Crippen MR) is 82.3 cm³/mol. The van der Waals surface area contributed by atoms with Gasteiger partial charge in [0.1, 0.15) is 5.60 Å². The van der Waals surface area contributed by atoms with Crippen LogP contribution < -0.4 is 0 Å². The van der Waals surface area contributed by atoms with E-state index in [9.17, 15) is 9.59 Å². The molecule has 2 aliphatic rings. The number of ether oxygens (including phenoxy) is 2. The summed E-state index contributed by atoms with van der Waals surface area (Å²) in [5, 5.41) is 0. The molecule has 0 aromatic carbocycles. The van der Waals surface area contributed by atoms with Crippen molar-refractivity contribution in [1.82, 2.24) is 4.90 Å². The minimum absolute atomic E-state index is 0.157. The number of amides is 2. The Morgan fingerprint density at radius 2 is 2.00 bits per heavy atom. The lowest BCUT2D eigenvalue weighted by Crippen LogP contribution is -2.50. The molecule has 0 aromatic heterocycles. The molecule has 1 fully saturated rings. The van der Waals surface area contributed by atoms with Gasteiger partial charge in [-0.25, -0.2) is 9.69 Å². The van der Waals surface area contributed by atoms with E-state index in [0.717, 1.165) is 8.48 Å². The fraction of sp³-hybridized carbons (Fsp3) is 0.714. The molecule has 5 nitrogen and oxygen atoms in total. The Hall–Kier alpha value is -0.630. The highest BCUT2D eigenvalue weighted by atomic mass is 127. The maximum absolute atomic E-state index is 12.7. The van der Waals surface area contributed by atoms with Crippen molar-refractivity contribution >= 4 is 34.6 Å². The van der Waals surface area contributed by atoms with E-state index < -0.39 is 17.1 Å². The van der Waals surface area contributed by atoms with Crippen molar-refractivity contribution in [2.24, 2.45) is 5.41 Å². The third kappa shape index (κ3) is 3.33. The van der Waals surface area contributed by atoms with Gasteiger partial charge in [0.25, 0.3) is 0 Å². The number of hydrogen-bond donors (Lipinski definition) is 0. The lowest BCUT2D eigenvalue weighted by atomic mass is 9.75. The molecule has 0 N–H and O–H groups in total. The van der Waals surface area contributed by atoms with Gasteiger partial charge in [0.05, 0.1) is 5.41 Å². The Balaban J connectivity index is 2.23. The molecule has 2 heterocycles. The zero-order valence-electron chi connectivity index (χ0n) is 12.1. The summed E-state index contributed by atoms with van der Waals surface area (Å²) in [4.78, 5) is 26.0. The zero-order valence-corrected chi connectivity index (χ0v) is 14.2. The highest BCUT2D eigenvalue weighted by Gasteiger charge is 2.47. The Labute approximate surface area is 132 Å². The average Bonchev–Trinajstić information content (AvgIpc) is 2.32. The number of carbonyl (C=O) groups is 2. The van der Waals surface area contributed by atoms with Crippen LogP contribution in [-0.2, 0) is 14.3 Å². The van der Waals surface area contributed by atoms with Crippen molar-refractivity contribution < 1.29 is 19.1 Å². The highest BCUT2D eigenvalue weighted by molar-refractivity contribution is 14.1. The molecular weight excluding hydrogens is 373 g/mol. The number of carbonyl (C=O) groups excluding carboxylic acids is 2. The van der Waals surface area contributed by atoms with Crippen molar-refractivity contribution in [3.05, 3.63) is 9.78 Å². The molecule has 0 saturated carbocycles. The normalized spacial score (nSPS) is 22.7. The van der Waals surface area contributed by atoms with E-state index in [1.807, 2.05) is 0 Å². The van der Waals surface area contributed by atoms with Crippen LogP contribution in [0.25, 0.3) is 0 Å². The van der Waals surface area contributed by atoms with Crippen LogP contribution >= 0.6 is 22.6 Å². The standard InChI is InChI=1S/C14H20INO4/c1-13(2,3)20-12(18)16-9-10(15)8-14(11(16)17)4-6-19-7-5-14/h9H,4-8H2,1-3H3. The van der Waals surface area contributed by atoms with Gasteiger partial charge in [-0.05, 0) is 62.6 Å². The minimum atomic E-state index is -0.614. The minimum Gasteiger partial charge on any atom is -0.443 e. The maximum atomic E-state index is 12.7. The number of imide groups is 1. The molecule has 0 aromatic rings. The number of halogens is 1. The quantitative estimate of drug-likeness (QED) is 0.593. The molecule has 0 bridgehead atoms. The predicted octanol–water partition coefficient (Wildman–Crippen LogP) is 3.23. The molecule has 0 unspecified atom stereocenters. The molecule has 112 valence electrons. The van der Waals surface area contributed by atoms with E-state index in [1.165, 1.54) is 0 Å². The monoisotopic (exact) mass is 393 g/mol. The lowest BCUT2D eigenvalue weighted by Gasteiger charge is -2.41. The molecule has 1 spiro atoms. The highest BCUT2D eigenvalue weighted by Crippen LogP contribution is 2.43. The largest absolute Gasteiger partial charge is 0.443 e. The number of nitrogens with zero attached hydrogens (tertiary/aromatic N) is 1. The van der Waals surface area contributed by atoms with Gasteiger partial charge in [-0.2, -0.15) is 0 Å². The van der Waals surface area contributed by atoms with Crippen molar-refractivity contribution in [1.29, 1.82) is 0 Å². The molecule has 0 atom stereocenters. The average molecular weight is 393 g/mol. The van der Waals surface area contributed by atoms with E-state index in [4.69, 9.17) is 9.47 Å². The van der Waals surface area contributed by atoms with Crippen LogP contribution in [0.3, 0.4) is 0 Å². The number of allylic oxidation sites excluding steroid dienone is 1. The molecular formula is C14H20INO4. The summed E-state index contributed by atoms with van der Waals surface area (Å²) < 4.78 is 11.7. The fourth-order valence-corrected chi connectivity index (χ4v) is 3.51. The van der Waals surface area contributed by atoms with Gasteiger partial charge in [-0.3, -0.25) is 4.79 Å². The van der Waals surface area contributed by atoms with E-state index >= 15 is 0 Å². The van der Waals surface area contributed by atoms with E-state index in [-0.39, 0.29) is 5.91 Å². The summed E-state index contributed by atoms with van der Waals surface area (Å²) >= 11 is 2.18. The topological polar surface area (TPSA) is 55.8 Å². The van der Waals surface area contributed by atoms with E-state index in [2.05, 4.69) is 22.6 Å². The summed E-state index contributed by atoms with van der Waals surface area (Å²) in [6.07, 6.45) is 3.01. The van der Waals surface area contributed by atoms with E-state index in [1.54, 1.807) is 27.0 Å². The Kier molecular flexibility index (Phi) is 4.44. The van der Waals surface area contributed by atoms with Crippen molar-refractivity contribution in [3.8, 4) is 0 Å². The molecule has 1 saturated heterocycles. The van der Waals surface area contributed by atoms with Crippen LogP contribution in [0.15, 0.2) is 9.78 Å². The fourth-order valence-electron chi connectivity index (χ4n) is 2.50. The second kappa shape index (κ2) is 5.63. The van der Waals surface area contributed by atoms with Crippen molar-refractivity contribution in [2.45, 2.75) is 45.6 Å². The zero-order chi connectivity index (χ0) is 15.0. The molecule has 2 amide bonds. The second-order valence-electron chi connectivity index (χ2n) is 6.30. The molecule has 20 heavy (non-hydrogen) atoms. The lowest BCUT2D eigenvalue weighted by molar-refractivity contribution is -0.145. The smallest absolute Gasteiger partial charge is 0.421 e. The number of hydrogen-bond acceptors (Lipinski definition) is 4. The molecule has 2 aliphatic heterocycles. The van der Waals surface area contributed by atoms with Gasteiger partial charge in [0, 0.05) is 23.0 Å². The molecule has 6 heteroatoms. The summed E-state index contributed by atoms with van der Waals surface area (Å²) in [6, 6.07) is 0. The van der Waals surface area contributed by atoms with Crippen molar-refractivity contribution in [2.75, 3.05) is 13.2 Å². The Morgan fingerprint density at radius 3 is 2.55 bits per heavy atom. The second-order valence-corrected chi connectivity index (χ2v) is 7.69. The van der Waals surface area contributed by atoms with Crippen LogP contribution in [-0.4, -0.2) is 35.7 Å². The van der Waals surface area contributed by atoms with Crippen LogP contribution in [0, 0.1) is 5.41 Å². The first kappa shape index (κ1) is 15.8. The molecule has 0 radical (unpaired) electrons. The Bertz CT molecular complexity index is 447. The third-order valence-electron chi connectivity index (χ3n) is 3.49. The molecule has 2 rings (SSSR count). The van der Waals surface area contributed by atoms with Gasteiger partial charge in [-0.1, -0.05) is 0 Å². The summed E-state index contributed by atoms with van der Waals surface area (Å²) in [7, 11) is 0. The van der Waals surface area contributed by atoms with Crippen LogP contribution in [0.2, 0.25) is 0 Å². The van der Waals surface area contributed by atoms with Gasteiger partial charge in [-0.15, -0.1) is 0 Å². The summed E-state index contributed by atoms with van der Waals surface area (Å²) in [5.41, 5.74) is -1.11. The van der Waals surface area contributed by atoms with Gasteiger partial charge in [0.15, 0.2) is 0 Å². The third-order valence-corrected chi connectivity index (χ3v) is 4.15. The summed E-state index contributed by atoms with van der Waals surface area (Å²) in [6.45, 7) is 6.50. The number of rotatable bonds is 0. The first-order valence-electron chi connectivity index (χ1n) is 6.74. The van der Waals surface area contributed by atoms with Gasteiger partial charge in [0.2, 0.25) is 5.91 Å². The van der Waals surface area contributed by atoms with Crippen LogP contribution in [0.4, 0.5) is 4.79 Å².